The highest BCUT2D eigenvalue weighted by Crippen LogP contribution is 2.17. The average Bonchev–Trinajstić information content (AvgIpc) is 3.16. The Morgan fingerprint density at radius 1 is 1.15 bits per heavy atom. The number of benzene rings is 1. The number of amides is 1. The molecule has 1 amide bonds. The number of carbonyl (C=O) groups is 1. The predicted octanol–water partition coefficient (Wildman–Crippen LogP) is 1.02. The maximum atomic E-state index is 12.5. The first-order chi connectivity index (χ1) is 12.7. The van der Waals surface area contributed by atoms with Crippen molar-refractivity contribution in [3.05, 3.63) is 48.4 Å². The lowest BCUT2D eigenvalue weighted by Crippen LogP contribution is -2.49. The largest absolute Gasteiger partial charge is 0.497 e. The molecule has 0 bridgehead atoms. The lowest BCUT2D eigenvalue weighted by Gasteiger charge is -2.36. The van der Waals surface area contributed by atoms with E-state index in [1.165, 1.54) is 0 Å². The minimum atomic E-state index is 0.154. The van der Waals surface area contributed by atoms with E-state index < -0.39 is 0 Å². The maximum Gasteiger partial charge on any atom is 0.227 e. The van der Waals surface area contributed by atoms with E-state index >= 15 is 0 Å². The van der Waals surface area contributed by atoms with Crippen LogP contribution in [0.25, 0.3) is 5.65 Å². The van der Waals surface area contributed by atoms with Gasteiger partial charge in [0.25, 0.3) is 0 Å². The summed E-state index contributed by atoms with van der Waals surface area (Å²) >= 11 is 0. The van der Waals surface area contributed by atoms with Gasteiger partial charge in [-0.15, -0.1) is 10.2 Å². The molecule has 1 aliphatic heterocycles. The van der Waals surface area contributed by atoms with E-state index in [9.17, 15) is 4.79 Å². The predicted molar refractivity (Wildman–Crippen MR) is 96.3 cm³/mol. The fraction of sp³-hybridized carbons (Fsp3) is 0.333. The number of rotatable bonds is 4. The second-order valence-electron chi connectivity index (χ2n) is 6.24. The van der Waals surface area contributed by atoms with Crippen molar-refractivity contribution in [2.24, 2.45) is 0 Å². The third-order valence-electron chi connectivity index (χ3n) is 4.66. The Bertz CT molecular complexity index is 899. The molecular weight excluding hydrogens is 332 g/mol. The molecule has 1 fully saturated rings. The summed E-state index contributed by atoms with van der Waals surface area (Å²) in [5, 5.41) is 12.2. The Hall–Kier alpha value is -3.16. The number of fused-ring (bicyclic) bond motifs is 1. The molecule has 0 atom stereocenters. The van der Waals surface area contributed by atoms with E-state index in [1.807, 2.05) is 41.4 Å². The van der Waals surface area contributed by atoms with Gasteiger partial charge in [-0.2, -0.15) is 5.10 Å². The molecule has 0 unspecified atom stereocenters. The summed E-state index contributed by atoms with van der Waals surface area (Å²) < 4.78 is 6.79. The minimum Gasteiger partial charge on any atom is -0.497 e. The van der Waals surface area contributed by atoms with Gasteiger partial charge >= 0.3 is 0 Å². The van der Waals surface area contributed by atoms with Gasteiger partial charge in [0, 0.05) is 32.2 Å². The standard InChI is InChI=1S/C18H20N6O2/c1-26-16-4-2-14(3-5-16)10-18(25)23-8-6-22(7-9-23)15-11-17-21-19-13-24(17)20-12-15/h2-5,11-13H,6-10H2,1H3. The number of nitrogens with zero attached hydrogens (tertiary/aromatic N) is 6. The first-order valence-electron chi connectivity index (χ1n) is 8.54. The third-order valence-corrected chi connectivity index (χ3v) is 4.66. The zero-order valence-electron chi connectivity index (χ0n) is 14.6. The molecule has 0 N–H and O–H groups in total. The molecule has 3 heterocycles. The maximum absolute atomic E-state index is 12.5. The Labute approximate surface area is 151 Å². The minimum absolute atomic E-state index is 0.154. The molecule has 8 nitrogen and oxygen atoms in total. The number of aromatic nitrogens is 4. The van der Waals surface area contributed by atoms with Gasteiger partial charge in [-0.25, -0.2) is 4.52 Å². The van der Waals surface area contributed by atoms with Crippen molar-refractivity contribution in [3.8, 4) is 5.75 Å². The SMILES string of the molecule is COc1ccc(CC(=O)N2CCN(c3cnn4cnnc4c3)CC2)cc1. The average molecular weight is 352 g/mol. The lowest BCUT2D eigenvalue weighted by atomic mass is 10.1. The van der Waals surface area contributed by atoms with E-state index in [4.69, 9.17) is 4.74 Å². The van der Waals surface area contributed by atoms with E-state index in [-0.39, 0.29) is 5.91 Å². The molecule has 0 radical (unpaired) electrons. The molecule has 1 saturated heterocycles. The van der Waals surface area contributed by atoms with Gasteiger partial charge in [0.2, 0.25) is 5.91 Å². The summed E-state index contributed by atoms with van der Waals surface area (Å²) in [5.74, 6) is 0.953. The van der Waals surface area contributed by atoms with Crippen LogP contribution >= 0.6 is 0 Å². The number of hydrogen-bond donors (Lipinski definition) is 0. The van der Waals surface area contributed by atoms with Crippen molar-refractivity contribution in [2.75, 3.05) is 38.2 Å². The summed E-state index contributed by atoms with van der Waals surface area (Å²) in [7, 11) is 1.63. The number of anilines is 1. The molecule has 0 spiro atoms. The normalized spacial score (nSPS) is 14.7. The number of methoxy groups -OCH3 is 1. The quantitative estimate of drug-likeness (QED) is 0.698. The van der Waals surface area contributed by atoms with Gasteiger partial charge in [-0.3, -0.25) is 4.79 Å². The van der Waals surface area contributed by atoms with Gasteiger partial charge in [0.15, 0.2) is 5.65 Å². The lowest BCUT2D eigenvalue weighted by molar-refractivity contribution is -0.130. The summed E-state index contributed by atoms with van der Waals surface area (Å²) in [6, 6.07) is 9.61. The number of carbonyl (C=O) groups excluding carboxylic acids is 1. The summed E-state index contributed by atoms with van der Waals surface area (Å²) in [5.41, 5.74) is 2.73. The number of piperazine rings is 1. The highest BCUT2D eigenvalue weighted by molar-refractivity contribution is 5.79. The zero-order chi connectivity index (χ0) is 17.9. The highest BCUT2D eigenvalue weighted by atomic mass is 16.5. The van der Waals surface area contributed by atoms with Crippen LogP contribution in [0, 0.1) is 0 Å². The van der Waals surface area contributed by atoms with Crippen molar-refractivity contribution >= 4 is 17.2 Å². The van der Waals surface area contributed by atoms with Gasteiger partial charge in [0.05, 0.1) is 25.4 Å². The fourth-order valence-corrected chi connectivity index (χ4v) is 3.13. The Morgan fingerprint density at radius 2 is 1.92 bits per heavy atom. The fourth-order valence-electron chi connectivity index (χ4n) is 3.13. The molecule has 1 aromatic carbocycles. The van der Waals surface area contributed by atoms with Crippen LogP contribution in [0.3, 0.4) is 0 Å². The van der Waals surface area contributed by atoms with Crippen molar-refractivity contribution in [1.82, 2.24) is 24.7 Å². The third kappa shape index (κ3) is 3.30. The van der Waals surface area contributed by atoms with Gasteiger partial charge < -0.3 is 14.5 Å². The molecule has 26 heavy (non-hydrogen) atoms. The number of hydrogen-bond acceptors (Lipinski definition) is 6. The smallest absolute Gasteiger partial charge is 0.227 e. The Balaban J connectivity index is 1.35. The summed E-state index contributed by atoms with van der Waals surface area (Å²) in [6.45, 7) is 2.96. The first kappa shape index (κ1) is 16.3. The summed E-state index contributed by atoms with van der Waals surface area (Å²) in [6.07, 6.45) is 3.80. The van der Waals surface area contributed by atoms with Gasteiger partial charge in [-0.05, 0) is 17.7 Å². The van der Waals surface area contributed by atoms with Gasteiger partial charge in [0.1, 0.15) is 12.1 Å². The van der Waals surface area contributed by atoms with Crippen LogP contribution in [-0.2, 0) is 11.2 Å². The van der Waals surface area contributed by atoms with Gasteiger partial charge in [-0.1, -0.05) is 12.1 Å². The molecule has 4 rings (SSSR count). The second-order valence-corrected chi connectivity index (χ2v) is 6.24. The molecule has 3 aromatic rings. The van der Waals surface area contributed by atoms with Crippen LogP contribution in [0.2, 0.25) is 0 Å². The molecule has 134 valence electrons. The van der Waals surface area contributed by atoms with Crippen LogP contribution in [-0.4, -0.2) is 63.9 Å². The van der Waals surface area contributed by atoms with Crippen molar-refractivity contribution in [2.45, 2.75) is 6.42 Å². The summed E-state index contributed by atoms with van der Waals surface area (Å²) in [4.78, 5) is 16.7. The van der Waals surface area contributed by atoms with E-state index in [0.29, 0.717) is 19.5 Å². The van der Waals surface area contributed by atoms with Crippen molar-refractivity contribution < 1.29 is 9.53 Å². The highest BCUT2D eigenvalue weighted by Gasteiger charge is 2.22. The molecule has 8 heteroatoms. The van der Waals surface area contributed by atoms with Crippen LogP contribution < -0.4 is 9.64 Å². The zero-order valence-corrected chi connectivity index (χ0v) is 14.6. The first-order valence-corrected chi connectivity index (χ1v) is 8.54. The van der Waals surface area contributed by atoms with Crippen LogP contribution in [0.1, 0.15) is 5.56 Å². The van der Waals surface area contributed by atoms with Crippen LogP contribution in [0.15, 0.2) is 42.9 Å². The Morgan fingerprint density at radius 3 is 2.65 bits per heavy atom. The van der Waals surface area contributed by atoms with Crippen molar-refractivity contribution in [1.29, 1.82) is 0 Å². The van der Waals surface area contributed by atoms with E-state index in [0.717, 1.165) is 35.7 Å². The molecule has 0 saturated carbocycles. The topological polar surface area (TPSA) is 75.9 Å². The molecule has 2 aromatic heterocycles. The molecule has 0 aliphatic carbocycles. The second kappa shape index (κ2) is 6.99. The molecule has 1 aliphatic rings. The van der Waals surface area contributed by atoms with Crippen LogP contribution in [0.4, 0.5) is 5.69 Å². The van der Waals surface area contributed by atoms with Crippen molar-refractivity contribution in [3.63, 3.8) is 0 Å². The van der Waals surface area contributed by atoms with E-state index in [2.05, 4.69) is 20.2 Å². The number of ether oxygens (including phenoxy) is 1. The molecular formula is C18H20N6O2. The Kier molecular flexibility index (Phi) is 4.39. The van der Waals surface area contributed by atoms with E-state index in [1.54, 1.807) is 18.0 Å². The monoisotopic (exact) mass is 352 g/mol. The van der Waals surface area contributed by atoms with Crippen LogP contribution in [0.5, 0.6) is 5.75 Å².